The van der Waals surface area contributed by atoms with Crippen LogP contribution in [0.4, 0.5) is 8.78 Å². The number of hydrogen-bond acceptors (Lipinski definition) is 5. The number of alkyl halides is 2. The minimum Gasteiger partial charge on any atom is -0.691 e. The first-order valence-electron chi connectivity index (χ1n) is 7.91. The molecule has 0 aliphatic heterocycles. The highest BCUT2D eigenvalue weighted by Crippen LogP contribution is 2.37. The lowest BCUT2D eigenvalue weighted by Crippen LogP contribution is -2.53. The first kappa shape index (κ1) is 17.9. The van der Waals surface area contributed by atoms with Crippen molar-refractivity contribution in [3.63, 3.8) is 0 Å². The molecule has 0 atom stereocenters. The Morgan fingerprint density at radius 2 is 1.45 bits per heavy atom. The molecule has 0 saturated heterocycles. The van der Waals surface area contributed by atoms with E-state index in [1.807, 2.05) is 0 Å². The van der Waals surface area contributed by atoms with Crippen LogP contribution in [0.2, 0.25) is 0 Å². The molecule has 5 nitrogen and oxygen atoms in total. The van der Waals surface area contributed by atoms with Crippen LogP contribution in [0.3, 0.4) is 0 Å². The van der Waals surface area contributed by atoms with Crippen LogP contribution in [-0.4, -0.2) is 28.1 Å². The molecular weight excluding hydrogens is 316 g/mol. The number of hydrogen-bond donors (Lipinski definition) is 0. The Morgan fingerprint density at radius 3 is 1.86 bits per heavy atom. The van der Waals surface area contributed by atoms with Crippen LogP contribution >= 0.6 is 12.0 Å². The fourth-order valence-corrected chi connectivity index (χ4v) is 3.88. The van der Waals surface area contributed by atoms with Gasteiger partial charge in [0.2, 0.25) is 0 Å². The van der Waals surface area contributed by atoms with Crippen molar-refractivity contribution in [2.45, 2.75) is 81.5 Å². The van der Waals surface area contributed by atoms with Crippen LogP contribution in [-0.2, 0) is 14.2 Å². The number of carbonyl (C=O) groups excluding carboxylic acids is 1. The monoisotopic (exact) mass is 338 g/mol. The summed E-state index contributed by atoms with van der Waals surface area (Å²) in [6.07, 6.45) is 9.07. The summed E-state index contributed by atoms with van der Waals surface area (Å²) in [5.74, 6) is -1.26. The Labute approximate surface area is 133 Å². The van der Waals surface area contributed by atoms with Crippen LogP contribution in [0.5, 0.6) is 0 Å². The van der Waals surface area contributed by atoms with E-state index < -0.39 is 23.2 Å². The van der Waals surface area contributed by atoms with Gasteiger partial charge in [0.25, 0.3) is 0 Å². The minimum atomic E-state index is -3.81. The van der Waals surface area contributed by atoms with E-state index in [1.165, 1.54) is 4.90 Å². The van der Waals surface area contributed by atoms with Gasteiger partial charge in [-0.15, -0.1) is 0 Å². The highest BCUT2D eigenvalue weighted by molar-refractivity contribution is 7.96. The van der Waals surface area contributed by atoms with Crippen molar-refractivity contribution >= 4 is 17.9 Å². The third-order valence-electron chi connectivity index (χ3n) is 4.59. The molecule has 2 aliphatic rings. The van der Waals surface area contributed by atoms with E-state index >= 15 is 0 Å². The zero-order valence-corrected chi connectivity index (χ0v) is 13.3. The summed E-state index contributed by atoms with van der Waals surface area (Å²) in [7, 11) is 0. The standard InChI is InChI=1S/C14H23F2NO4S/c15-14(16,22-21-20-19)13(18)17(11-7-3-1-4-8-11)12-9-5-2-6-10-12/h11-12,19H,1-10H2/p-1. The first-order valence-corrected chi connectivity index (χ1v) is 8.65. The Bertz CT molecular complexity index is 343. The molecule has 0 aromatic heterocycles. The second-order valence-electron chi connectivity index (χ2n) is 6.03. The maximum Gasteiger partial charge on any atom is 0.397 e. The van der Waals surface area contributed by atoms with Gasteiger partial charge in [0.15, 0.2) is 0 Å². The molecule has 1 amide bonds. The number of nitrogens with zero attached hydrogens (tertiary/aromatic N) is 1. The zero-order valence-electron chi connectivity index (χ0n) is 12.5. The van der Waals surface area contributed by atoms with Crippen LogP contribution in [0.15, 0.2) is 0 Å². The molecule has 2 saturated carbocycles. The largest absolute Gasteiger partial charge is 0.691 e. The SMILES string of the molecule is O=C(N(C1CCCCC1)C1CCCCC1)C(F)(F)SOO[O-]. The number of amides is 1. The molecule has 0 heterocycles. The highest BCUT2D eigenvalue weighted by atomic mass is 32.2. The molecule has 2 aliphatic carbocycles. The van der Waals surface area contributed by atoms with Crippen molar-refractivity contribution in [1.82, 2.24) is 4.90 Å². The second-order valence-corrected chi connectivity index (χ2v) is 6.85. The summed E-state index contributed by atoms with van der Waals surface area (Å²) in [5, 5.41) is 8.93. The van der Waals surface area contributed by atoms with Gasteiger partial charge in [0.1, 0.15) is 12.0 Å². The van der Waals surface area contributed by atoms with Crippen molar-refractivity contribution in [2.24, 2.45) is 0 Å². The lowest BCUT2D eigenvalue weighted by Gasteiger charge is -2.42. The van der Waals surface area contributed by atoms with Gasteiger partial charge in [0, 0.05) is 12.1 Å². The third kappa shape index (κ3) is 4.53. The average Bonchev–Trinajstić information content (AvgIpc) is 2.55. The predicted molar refractivity (Wildman–Crippen MR) is 75.3 cm³/mol. The number of rotatable bonds is 6. The molecule has 0 bridgehead atoms. The molecular formula is C14H22F2NO4S-. The normalized spacial score (nSPS) is 21.8. The van der Waals surface area contributed by atoms with Crippen molar-refractivity contribution in [2.75, 3.05) is 0 Å². The van der Waals surface area contributed by atoms with E-state index in [9.17, 15) is 18.8 Å². The predicted octanol–water partition coefficient (Wildman–Crippen LogP) is 2.94. The Morgan fingerprint density at radius 1 is 1.00 bits per heavy atom. The van der Waals surface area contributed by atoms with Gasteiger partial charge in [-0.3, -0.25) is 9.83 Å². The molecule has 0 N–H and O–H groups in total. The summed E-state index contributed by atoms with van der Waals surface area (Å²) in [5.41, 5.74) is 0. The second kappa shape index (κ2) is 8.42. The van der Waals surface area contributed by atoms with Gasteiger partial charge >= 0.3 is 11.2 Å². The zero-order chi connectivity index (χ0) is 16.0. The van der Waals surface area contributed by atoms with E-state index in [-0.39, 0.29) is 12.1 Å². The van der Waals surface area contributed by atoms with Crippen LogP contribution in [0, 0.1) is 0 Å². The molecule has 8 heteroatoms. The smallest absolute Gasteiger partial charge is 0.397 e. The number of halogens is 2. The van der Waals surface area contributed by atoms with Crippen LogP contribution in [0.1, 0.15) is 64.2 Å². The summed E-state index contributed by atoms with van der Waals surface area (Å²) < 4.78 is 31.7. The van der Waals surface area contributed by atoms with Crippen molar-refractivity contribution in [3.05, 3.63) is 0 Å². The Balaban J connectivity index is 2.12. The van der Waals surface area contributed by atoms with Crippen molar-refractivity contribution < 1.29 is 28.2 Å². The Hall–Kier alpha value is -0.440. The third-order valence-corrected chi connectivity index (χ3v) is 5.09. The van der Waals surface area contributed by atoms with Gasteiger partial charge in [0.05, 0.1) is 0 Å². The molecule has 0 unspecified atom stereocenters. The van der Waals surface area contributed by atoms with Gasteiger partial charge in [-0.05, 0) is 25.7 Å². The highest BCUT2D eigenvalue weighted by Gasteiger charge is 2.48. The number of carbonyl (C=O) groups is 1. The summed E-state index contributed by atoms with van der Waals surface area (Å²) in [4.78, 5) is 13.8. The fourth-order valence-electron chi connectivity index (χ4n) is 3.59. The van der Waals surface area contributed by atoms with Gasteiger partial charge in [-0.2, -0.15) is 13.1 Å². The lowest BCUT2D eigenvalue weighted by atomic mass is 9.88. The van der Waals surface area contributed by atoms with Crippen molar-refractivity contribution in [1.29, 1.82) is 0 Å². The van der Waals surface area contributed by atoms with Gasteiger partial charge in [-0.25, -0.2) is 0 Å². The molecule has 0 aromatic carbocycles. The molecule has 22 heavy (non-hydrogen) atoms. The van der Waals surface area contributed by atoms with E-state index in [0.29, 0.717) is 0 Å². The maximum absolute atomic E-state index is 14.0. The lowest BCUT2D eigenvalue weighted by molar-refractivity contribution is -0.777. The van der Waals surface area contributed by atoms with E-state index in [4.69, 9.17) is 0 Å². The quantitative estimate of drug-likeness (QED) is 0.423. The van der Waals surface area contributed by atoms with Crippen LogP contribution in [0.25, 0.3) is 0 Å². The fraction of sp³-hybridized carbons (Fsp3) is 0.929. The van der Waals surface area contributed by atoms with E-state index in [0.717, 1.165) is 64.2 Å². The molecule has 0 aromatic rings. The van der Waals surface area contributed by atoms with Crippen LogP contribution < -0.4 is 5.26 Å². The minimum absolute atomic E-state index is 0.135. The van der Waals surface area contributed by atoms with E-state index in [2.05, 4.69) is 9.37 Å². The molecule has 2 fully saturated rings. The van der Waals surface area contributed by atoms with Crippen molar-refractivity contribution in [3.8, 4) is 0 Å². The summed E-state index contributed by atoms with van der Waals surface area (Å²) in [6.45, 7) is 0. The molecule has 0 spiro atoms. The van der Waals surface area contributed by atoms with E-state index in [1.54, 1.807) is 0 Å². The summed E-state index contributed by atoms with van der Waals surface area (Å²) >= 11 is -0.516. The van der Waals surface area contributed by atoms with Gasteiger partial charge < -0.3 is 10.2 Å². The topological polar surface area (TPSA) is 61.8 Å². The maximum atomic E-state index is 14.0. The molecule has 0 radical (unpaired) electrons. The first-order chi connectivity index (χ1) is 10.6. The average molecular weight is 338 g/mol. The molecule has 128 valence electrons. The van der Waals surface area contributed by atoms with Gasteiger partial charge in [-0.1, -0.05) is 38.5 Å². The molecule has 2 rings (SSSR count). The summed E-state index contributed by atoms with van der Waals surface area (Å²) in [6, 6.07) is -0.270. The Kier molecular flexibility index (Phi) is 6.86.